The molecule has 1 heterocycles. The summed E-state index contributed by atoms with van der Waals surface area (Å²) in [4.78, 5) is 0. The summed E-state index contributed by atoms with van der Waals surface area (Å²) < 4.78 is 2.48. The largest absolute Gasteiger partial charge is 0.508 e. The van der Waals surface area contributed by atoms with E-state index in [0.717, 1.165) is 25.3 Å². The minimum atomic E-state index is 0.474. The topological polar surface area (TPSA) is 25.2 Å². The molecule has 2 fully saturated rings. The molecule has 0 radical (unpaired) electrons. The van der Waals surface area contributed by atoms with Gasteiger partial charge in [0.15, 0.2) is 0 Å². The maximum absolute atomic E-state index is 10.1. The smallest absolute Gasteiger partial charge is 0.114 e. The molecule has 2 aliphatic rings. The molecule has 0 atom stereocenters. The lowest BCUT2D eigenvalue weighted by Gasteiger charge is -2.23. The van der Waals surface area contributed by atoms with Crippen molar-refractivity contribution in [3.8, 4) is 0 Å². The van der Waals surface area contributed by atoms with Gasteiger partial charge in [-0.2, -0.15) is 0 Å². The second-order valence-corrected chi connectivity index (χ2v) is 8.48. The first-order valence-electron chi connectivity index (χ1n) is 10.3. The number of fused-ring (bicyclic) bond motifs is 1. The fraction of sp³-hybridized carbons (Fsp3) is 0.500. The quantitative estimate of drug-likeness (QED) is 0.580. The van der Waals surface area contributed by atoms with E-state index >= 15 is 0 Å². The van der Waals surface area contributed by atoms with Crippen molar-refractivity contribution in [1.82, 2.24) is 4.57 Å². The Morgan fingerprint density at radius 1 is 1.15 bits per heavy atom. The van der Waals surface area contributed by atoms with Gasteiger partial charge in [-0.1, -0.05) is 39.2 Å². The number of aliphatic hydroxyl groups excluding tert-OH is 1. The molecule has 1 aromatic carbocycles. The van der Waals surface area contributed by atoms with Crippen molar-refractivity contribution in [2.45, 2.75) is 71.3 Å². The van der Waals surface area contributed by atoms with Crippen LogP contribution >= 0.6 is 0 Å². The van der Waals surface area contributed by atoms with E-state index in [4.69, 9.17) is 0 Å². The fourth-order valence-electron chi connectivity index (χ4n) is 4.24. The van der Waals surface area contributed by atoms with Crippen molar-refractivity contribution >= 4 is 17.0 Å². The predicted octanol–water partition coefficient (Wildman–Crippen LogP) is 6.96. The van der Waals surface area contributed by atoms with Crippen molar-refractivity contribution in [1.29, 1.82) is 0 Å². The van der Waals surface area contributed by atoms with Gasteiger partial charge >= 0.3 is 0 Å². The van der Waals surface area contributed by atoms with Crippen LogP contribution in [0.4, 0.5) is 0 Å². The predicted molar refractivity (Wildman–Crippen MR) is 111 cm³/mol. The zero-order valence-electron chi connectivity index (χ0n) is 16.2. The minimum absolute atomic E-state index is 0.474. The van der Waals surface area contributed by atoms with Crippen molar-refractivity contribution in [3.05, 3.63) is 52.9 Å². The van der Waals surface area contributed by atoms with Gasteiger partial charge in [-0.25, -0.2) is 0 Å². The molecular formula is C24H31NO. The van der Waals surface area contributed by atoms with Crippen LogP contribution in [0.5, 0.6) is 0 Å². The van der Waals surface area contributed by atoms with E-state index in [1.807, 2.05) is 6.08 Å². The van der Waals surface area contributed by atoms with E-state index in [1.165, 1.54) is 59.8 Å². The maximum Gasteiger partial charge on any atom is 0.114 e. The van der Waals surface area contributed by atoms with Gasteiger partial charge in [-0.05, 0) is 79.0 Å². The number of allylic oxidation sites excluding steroid dienone is 2. The molecule has 0 aliphatic heterocycles. The third-order valence-electron chi connectivity index (χ3n) is 6.06. The van der Waals surface area contributed by atoms with Crippen LogP contribution in [0.1, 0.15) is 76.0 Å². The van der Waals surface area contributed by atoms with Crippen LogP contribution in [0.15, 0.2) is 41.7 Å². The third-order valence-corrected chi connectivity index (χ3v) is 6.06. The molecule has 0 amide bonds. The van der Waals surface area contributed by atoms with E-state index in [1.54, 1.807) is 0 Å². The van der Waals surface area contributed by atoms with Crippen LogP contribution in [0.2, 0.25) is 0 Å². The molecule has 0 saturated heterocycles. The van der Waals surface area contributed by atoms with Crippen molar-refractivity contribution in [3.63, 3.8) is 0 Å². The molecule has 4 rings (SSSR count). The maximum atomic E-state index is 10.1. The van der Waals surface area contributed by atoms with Crippen molar-refractivity contribution in [2.75, 3.05) is 0 Å². The second-order valence-electron chi connectivity index (χ2n) is 8.48. The summed E-state index contributed by atoms with van der Waals surface area (Å²) in [5, 5.41) is 11.5. The summed E-state index contributed by atoms with van der Waals surface area (Å²) in [5.41, 5.74) is 5.14. The molecule has 26 heavy (non-hydrogen) atoms. The van der Waals surface area contributed by atoms with Crippen LogP contribution in [-0.4, -0.2) is 9.67 Å². The number of nitrogens with zero attached hydrogens (tertiary/aromatic N) is 1. The van der Waals surface area contributed by atoms with Gasteiger partial charge in [0.05, 0.1) is 0 Å². The van der Waals surface area contributed by atoms with Gasteiger partial charge in [-0.3, -0.25) is 0 Å². The Bertz CT molecular complexity index is 840. The molecular weight excluding hydrogens is 318 g/mol. The Labute approximate surface area is 157 Å². The number of aromatic nitrogens is 1. The molecule has 0 bridgehead atoms. The molecule has 138 valence electrons. The minimum Gasteiger partial charge on any atom is -0.508 e. The number of rotatable bonds is 5. The monoisotopic (exact) mass is 349 g/mol. The molecule has 1 N–H and O–H groups in total. The second kappa shape index (κ2) is 7.34. The van der Waals surface area contributed by atoms with Gasteiger partial charge in [0.2, 0.25) is 0 Å². The van der Waals surface area contributed by atoms with Crippen LogP contribution in [0.3, 0.4) is 0 Å². The summed E-state index contributed by atoms with van der Waals surface area (Å²) >= 11 is 0. The highest BCUT2D eigenvalue weighted by atomic mass is 16.3. The summed E-state index contributed by atoms with van der Waals surface area (Å²) in [7, 11) is 0. The van der Waals surface area contributed by atoms with Crippen LogP contribution < -0.4 is 0 Å². The average molecular weight is 350 g/mol. The van der Waals surface area contributed by atoms with Gasteiger partial charge in [0.25, 0.3) is 0 Å². The Kier molecular flexibility index (Phi) is 4.93. The lowest BCUT2D eigenvalue weighted by molar-refractivity contribution is 0.322. The first-order valence-corrected chi connectivity index (χ1v) is 10.3. The summed E-state index contributed by atoms with van der Waals surface area (Å²) in [6.45, 7) is 5.60. The fourth-order valence-corrected chi connectivity index (χ4v) is 4.24. The van der Waals surface area contributed by atoms with E-state index in [0.29, 0.717) is 11.7 Å². The molecule has 2 heteroatoms. The molecule has 2 aromatic rings. The van der Waals surface area contributed by atoms with Crippen LogP contribution in [0, 0.1) is 5.92 Å². The molecule has 2 saturated carbocycles. The van der Waals surface area contributed by atoms with Gasteiger partial charge in [0, 0.05) is 23.1 Å². The summed E-state index contributed by atoms with van der Waals surface area (Å²) in [5.74, 6) is 1.80. The van der Waals surface area contributed by atoms with E-state index in [-0.39, 0.29) is 0 Å². The zero-order valence-corrected chi connectivity index (χ0v) is 16.2. The highest BCUT2D eigenvalue weighted by Crippen LogP contribution is 2.33. The summed E-state index contributed by atoms with van der Waals surface area (Å²) in [6, 6.07) is 9.21. The Balaban J connectivity index is 1.71. The third kappa shape index (κ3) is 3.75. The van der Waals surface area contributed by atoms with Crippen molar-refractivity contribution < 1.29 is 5.11 Å². The normalized spacial score (nSPS) is 18.3. The standard InChI is InChI=1S/C24H31NO/c1-17(2)20-10-12-23-21(14-20)15-22(11-13-24(26)19-8-9-19)25(23)16-18-6-4-3-5-7-18/h10-15,17-18,26H,3-9,16H2,1-2H3/b13-11+. The summed E-state index contributed by atoms with van der Waals surface area (Å²) in [6.07, 6.45) is 13.0. The molecule has 2 aliphatic carbocycles. The number of benzene rings is 1. The lowest BCUT2D eigenvalue weighted by Crippen LogP contribution is -2.14. The van der Waals surface area contributed by atoms with E-state index in [9.17, 15) is 5.11 Å². The van der Waals surface area contributed by atoms with Gasteiger partial charge < -0.3 is 9.67 Å². The van der Waals surface area contributed by atoms with E-state index < -0.39 is 0 Å². The first kappa shape index (κ1) is 17.5. The average Bonchev–Trinajstić information content (AvgIpc) is 3.44. The Hall–Kier alpha value is -1.96. The first-order chi connectivity index (χ1) is 12.6. The highest BCUT2D eigenvalue weighted by Gasteiger charge is 2.18. The van der Waals surface area contributed by atoms with Gasteiger partial charge in [-0.15, -0.1) is 0 Å². The number of hydrogen-bond donors (Lipinski definition) is 1. The lowest BCUT2D eigenvalue weighted by atomic mass is 9.89. The molecule has 2 nitrogen and oxygen atoms in total. The number of hydrogen-bond acceptors (Lipinski definition) is 1. The van der Waals surface area contributed by atoms with Crippen molar-refractivity contribution in [2.24, 2.45) is 5.92 Å². The van der Waals surface area contributed by atoms with Crippen LogP contribution in [0.25, 0.3) is 17.0 Å². The zero-order chi connectivity index (χ0) is 18.1. The Morgan fingerprint density at radius 3 is 2.62 bits per heavy atom. The van der Waals surface area contributed by atoms with Crippen LogP contribution in [-0.2, 0) is 6.54 Å². The van der Waals surface area contributed by atoms with E-state index in [2.05, 4.69) is 48.8 Å². The Morgan fingerprint density at radius 2 is 1.92 bits per heavy atom. The van der Waals surface area contributed by atoms with Gasteiger partial charge in [0.1, 0.15) is 5.76 Å². The highest BCUT2D eigenvalue weighted by molar-refractivity contribution is 5.84. The molecule has 0 unspecified atom stereocenters. The SMILES string of the molecule is CC(C)c1ccc2c(c1)cc(/C=C/C(O)=C1CC1)n2CC1CCCCC1. The molecule has 1 aromatic heterocycles. The number of aliphatic hydroxyl groups is 1. The molecule has 0 spiro atoms.